The van der Waals surface area contributed by atoms with Crippen molar-refractivity contribution in [3.05, 3.63) is 0 Å². The number of hydrogen-bond donors (Lipinski definition) is 3. The van der Waals surface area contributed by atoms with Crippen LogP contribution in [0.15, 0.2) is 0 Å². The highest BCUT2D eigenvalue weighted by molar-refractivity contribution is 5.74. The van der Waals surface area contributed by atoms with Gasteiger partial charge in [-0.15, -0.1) is 0 Å². The van der Waals surface area contributed by atoms with E-state index < -0.39 is 0 Å². The second-order valence-corrected chi connectivity index (χ2v) is 5.35. The number of rotatable bonds is 2. The summed E-state index contributed by atoms with van der Waals surface area (Å²) in [5, 5.41) is 9.57. The number of carbonyl (C=O) groups excluding carboxylic acids is 1. The predicted molar refractivity (Wildman–Crippen MR) is 69.0 cm³/mol. The summed E-state index contributed by atoms with van der Waals surface area (Å²) in [6.45, 7) is 2.00. The third-order valence-corrected chi connectivity index (χ3v) is 3.82. The second-order valence-electron chi connectivity index (χ2n) is 5.35. The van der Waals surface area contributed by atoms with Gasteiger partial charge in [-0.1, -0.05) is 25.7 Å². The van der Waals surface area contributed by atoms with E-state index >= 15 is 0 Å². The van der Waals surface area contributed by atoms with Crippen molar-refractivity contribution in [3.8, 4) is 0 Å². The van der Waals surface area contributed by atoms with Gasteiger partial charge in [0.1, 0.15) is 0 Å². The molecule has 0 radical (unpaired) electrons. The van der Waals surface area contributed by atoms with Gasteiger partial charge in [0.2, 0.25) is 0 Å². The minimum Gasteiger partial charge on any atom is -0.335 e. The minimum absolute atomic E-state index is 0.0330. The molecule has 2 aliphatic rings. The highest BCUT2D eigenvalue weighted by Crippen LogP contribution is 2.17. The lowest BCUT2D eigenvalue weighted by Crippen LogP contribution is -2.49. The maximum absolute atomic E-state index is 11.8. The van der Waals surface area contributed by atoms with Crippen LogP contribution in [0.25, 0.3) is 0 Å². The monoisotopic (exact) mass is 239 g/mol. The first-order valence-corrected chi connectivity index (χ1v) is 7.12. The summed E-state index contributed by atoms with van der Waals surface area (Å²) < 4.78 is 0. The van der Waals surface area contributed by atoms with E-state index in [9.17, 15) is 4.79 Å². The van der Waals surface area contributed by atoms with Gasteiger partial charge in [-0.3, -0.25) is 0 Å². The fourth-order valence-corrected chi connectivity index (χ4v) is 2.80. The molecule has 98 valence electrons. The summed E-state index contributed by atoms with van der Waals surface area (Å²) >= 11 is 0. The van der Waals surface area contributed by atoms with E-state index in [0.717, 1.165) is 32.4 Å². The Kier molecular flexibility index (Phi) is 5.10. The van der Waals surface area contributed by atoms with Crippen LogP contribution in [0, 0.1) is 0 Å². The summed E-state index contributed by atoms with van der Waals surface area (Å²) in [7, 11) is 0. The van der Waals surface area contributed by atoms with E-state index in [0.29, 0.717) is 12.1 Å². The molecule has 1 saturated carbocycles. The normalized spacial score (nSPS) is 27.2. The Morgan fingerprint density at radius 3 is 2.35 bits per heavy atom. The van der Waals surface area contributed by atoms with Crippen molar-refractivity contribution >= 4 is 6.03 Å². The largest absolute Gasteiger partial charge is 0.335 e. The smallest absolute Gasteiger partial charge is 0.315 e. The van der Waals surface area contributed by atoms with Crippen LogP contribution >= 0.6 is 0 Å². The summed E-state index contributed by atoms with van der Waals surface area (Å²) in [5.41, 5.74) is 0. The average Bonchev–Trinajstić information content (AvgIpc) is 2.59. The standard InChI is InChI=1S/C13H25N3O/c17-13(15-11-6-2-1-3-7-11)16-12-8-4-5-9-14-10-12/h11-12,14H,1-10H2,(H2,15,16,17). The second kappa shape index (κ2) is 6.84. The molecule has 2 amide bonds. The van der Waals surface area contributed by atoms with Crippen molar-refractivity contribution in [3.63, 3.8) is 0 Å². The molecule has 1 unspecified atom stereocenters. The molecule has 1 heterocycles. The average molecular weight is 239 g/mol. The summed E-state index contributed by atoms with van der Waals surface area (Å²) in [6.07, 6.45) is 9.68. The number of nitrogens with one attached hydrogen (secondary N) is 3. The molecular formula is C13H25N3O. The van der Waals surface area contributed by atoms with Crippen LogP contribution in [0.3, 0.4) is 0 Å². The summed E-state index contributed by atoms with van der Waals surface area (Å²) in [6, 6.07) is 0.745. The molecule has 0 aromatic rings. The van der Waals surface area contributed by atoms with Gasteiger partial charge in [-0.05, 0) is 32.2 Å². The van der Waals surface area contributed by atoms with Crippen molar-refractivity contribution in [2.75, 3.05) is 13.1 Å². The van der Waals surface area contributed by atoms with Crippen LogP contribution in [-0.4, -0.2) is 31.2 Å². The SMILES string of the molecule is O=C(NC1CCCCC1)NC1CCCCNC1. The van der Waals surface area contributed by atoms with Crippen molar-refractivity contribution in [2.24, 2.45) is 0 Å². The van der Waals surface area contributed by atoms with E-state index in [1.807, 2.05) is 0 Å². The summed E-state index contributed by atoms with van der Waals surface area (Å²) in [5.74, 6) is 0. The van der Waals surface area contributed by atoms with Gasteiger partial charge in [-0.2, -0.15) is 0 Å². The molecule has 4 heteroatoms. The molecule has 0 aromatic carbocycles. The molecule has 2 fully saturated rings. The number of urea groups is 1. The van der Waals surface area contributed by atoms with Crippen LogP contribution in [0.5, 0.6) is 0 Å². The van der Waals surface area contributed by atoms with Crippen molar-refractivity contribution in [2.45, 2.75) is 63.5 Å². The lowest BCUT2D eigenvalue weighted by atomic mass is 9.96. The molecule has 0 aromatic heterocycles. The Bertz CT molecular complexity index is 231. The Morgan fingerprint density at radius 1 is 0.882 bits per heavy atom. The zero-order valence-electron chi connectivity index (χ0n) is 10.6. The molecule has 1 aliphatic heterocycles. The molecule has 3 N–H and O–H groups in total. The van der Waals surface area contributed by atoms with Crippen LogP contribution in [0.2, 0.25) is 0 Å². The van der Waals surface area contributed by atoms with Crippen LogP contribution in [0.1, 0.15) is 51.4 Å². The quantitative estimate of drug-likeness (QED) is 0.688. The minimum atomic E-state index is 0.0330. The van der Waals surface area contributed by atoms with Crippen molar-refractivity contribution in [1.82, 2.24) is 16.0 Å². The highest BCUT2D eigenvalue weighted by Gasteiger charge is 2.18. The van der Waals surface area contributed by atoms with E-state index in [-0.39, 0.29) is 6.03 Å². The van der Waals surface area contributed by atoms with Crippen LogP contribution in [0.4, 0.5) is 4.79 Å². The van der Waals surface area contributed by atoms with Gasteiger partial charge in [0, 0.05) is 18.6 Å². The van der Waals surface area contributed by atoms with Crippen molar-refractivity contribution < 1.29 is 4.79 Å². The Morgan fingerprint density at radius 2 is 1.53 bits per heavy atom. The fourth-order valence-electron chi connectivity index (χ4n) is 2.80. The van der Waals surface area contributed by atoms with Gasteiger partial charge in [-0.25, -0.2) is 4.79 Å². The molecule has 17 heavy (non-hydrogen) atoms. The van der Waals surface area contributed by atoms with Gasteiger partial charge in [0.05, 0.1) is 0 Å². The van der Waals surface area contributed by atoms with E-state index in [1.54, 1.807) is 0 Å². The Hall–Kier alpha value is -0.770. The van der Waals surface area contributed by atoms with Crippen LogP contribution in [-0.2, 0) is 0 Å². The predicted octanol–water partition coefficient (Wildman–Crippen LogP) is 1.76. The maximum Gasteiger partial charge on any atom is 0.315 e. The zero-order chi connectivity index (χ0) is 11.9. The molecule has 0 bridgehead atoms. The number of amides is 2. The maximum atomic E-state index is 11.8. The number of carbonyl (C=O) groups is 1. The molecule has 4 nitrogen and oxygen atoms in total. The fraction of sp³-hybridized carbons (Fsp3) is 0.923. The Labute approximate surface area is 104 Å². The van der Waals surface area contributed by atoms with E-state index in [1.165, 1.54) is 32.1 Å². The lowest BCUT2D eigenvalue weighted by Gasteiger charge is -2.24. The highest BCUT2D eigenvalue weighted by atomic mass is 16.2. The molecule has 1 atom stereocenters. The third-order valence-electron chi connectivity index (χ3n) is 3.82. The molecule has 1 saturated heterocycles. The van der Waals surface area contributed by atoms with Crippen LogP contribution < -0.4 is 16.0 Å². The third kappa shape index (κ3) is 4.54. The van der Waals surface area contributed by atoms with E-state index in [2.05, 4.69) is 16.0 Å². The Balaban J connectivity index is 1.68. The van der Waals surface area contributed by atoms with Gasteiger partial charge in [0.15, 0.2) is 0 Å². The lowest BCUT2D eigenvalue weighted by molar-refractivity contribution is 0.228. The molecular weight excluding hydrogens is 214 g/mol. The van der Waals surface area contributed by atoms with E-state index in [4.69, 9.17) is 0 Å². The zero-order valence-corrected chi connectivity index (χ0v) is 10.6. The van der Waals surface area contributed by atoms with Gasteiger partial charge >= 0.3 is 6.03 Å². The molecule has 2 rings (SSSR count). The summed E-state index contributed by atoms with van der Waals surface area (Å²) in [4.78, 5) is 11.8. The topological polar surface area (TPSA) is 53.2 Å². The first kappa shape index (κ1) is 12.7. The van der Waals surface area contributed by atoms with Crippen molar-refractivity contribution in [1.29, 1.82) is 0 Å². The first-order chi connectivity index (χ1) is 8.34. The first-order valence-electron chi connectivity index (χ1n) is 7.12. The van der Waals surface area contributed by atoms with Gasteiger partial charge in [0.25, 0.3) is 0 Å². The number of hydrogen-bond acceptors (Lipinski definition) is 2. The molecule has 1 aliphatic carbocycles. The molecule has 0 spiro atoms. The van der Waals surface area contributed by atoms with Gasteiger partial charge < -0.3 is 16.0 Å².